The van der Waals surface area contributed by atoms with Crippen LogP contribution in [0.1, 0.15) is 11.1 Å². The van der Waals surface area contributed by atoms with Crippen molar-refractivity contribution in [1.29, 1.82) is 0 Å². The molecule has 0 aliphatic rings. The van der Waals surface area contributed by atoms with E-state index in [1.807, 2.05) is 18.2 Å². The van der Waals surface area contributed by atoms with Gasteiger partial charge in [-0.1, -0.05) is 24.3 Å². The normalized spacial score (nSPS) is 10.3. The van der Waals surface area contributed by atoms with Gasteiger partial charge in [-0.05, 0) is 35.7 Å². The van der Waals surface area contributed by atoms with Gasteiger partial charge in [0, 0.05) is 0 Å². The van der Waals surface area contributed by atoms with Crippen LogP contribution in [-0.2, 0) is 6.42 Å². The summed E-state index contributed by atoms with van der Waals surface area (Å²) in [7, 11) is 0. The minimum absolute atomic E-state index is 0.236. The van der Waals surface area contributed by atoms with Gasteiger partial charge < -0.3 is 11.5 Å². The van der Waals surface area contributed by atoms with Gasteiger partial charge in [0.25, 0.3) is 0 Å². The van der Waals surface area contributed by atoms with Gasteiger partial charge in [0.2, 0.25) is 0 Å². The summed E-state index contributed by atoms with van der Waals surface area (Å²) in [5.74, 6) is -0.236. The van der Waals surface area contributed by atoms with Crippen LogP contribution in [-0.4, -0.2) is 0 Å². The van der Waals surface area contributed by atoms with Crippen LogP contribution in [0.25, 0.3) is 0 Å². The molecule has 0 spiro atoms. The van der Waals surface area contributed by atoms with Crippen LogP contribution in [0.5, 0.6) is 0 Å². The number of para-hydroxylation sites is 1. The van der Waals surface area contributed by atoms with Crippen molar-refractivity contribution in [3.63, 3.8) is 0 Å². The van der Waals surface area contributed by atoms with Crippen LogP contribution in [0.4, 0.5) is 15.8 Å². The summed E-state index contributed by atoms with van der Waals surface area (Å²) >= 11 is 0. The molecule has 0 fully saturated rings. The maximum atomic E-state index is 13.0. The van der Waals surface area contributed by atoms with E-state index >= 15 is 0 Å². The molecule has 0 aliphatic carbocycles. The lowest BCUT2D eigenvalue weighted by Crippen LogP contribution is -2.00. The summed E-state index contributed by atoms with van der Waals surface area (Å²) in [4.78, 5) is 0. The molecule has 0 amide bonds. The first-order valence-electron chi connectivity index (χ1n) is 5.04. The zero-order valence-corrected chi connectivity index (χ0v) is 8.78. The van der Waals surface area contributed by atoms with Gasteiger partial charge in [-0.15, -0.1) is 0 Å². The molecule has 0 aliphatic heterocycles. The third-order valence-corrected chi connectivity index (χ3v) is 2.51. The average Bonchev–Trinajstić information content (AvgIpc) is 2.25. The molecule has 82 valence electrons. The maximum absolute atomic E-state index is 13.0. The lowest BCUT2D eigenvalue weighted by Gasteiger charge is -2.08. The van der Waals surface area contributed by atoms with Crippen LogP contribution in [0.15, 0.2) is 42.5 Å². The van der Waals surface area contributed by atoms with Crippen molar-refractivity contribution in [2.45, 2.75) is 6.42 Å². The Balaban J connectivity index is 2.31. The summed E-state index contributed by atoms with van der Waals surface area (Å²) in [6.45, 7) is 0. The third-order valence-electron chi connectivity index (χ3n) is 2.51. The summed E-state index contributed by atoms with van der Waals surface area (Å²) in [6, 6.07) is 12.0. The molecular weight excluding hydrogens is 203 g/mol. The molecule has 2 aromatic carbocycles. The van der Waals surface area contributed by atoms with Crippen molar-refractivity contribution in [3.8, 4) is 0 Å². The molecule has 0 saturated heterocycles. The highest BCUT2D eigenvalue weighted by Crippen LogP contribution is 2.22. The smallest absolute Gasteiger partial charge is 0.123 e. The lowest BCUT2D eigenvalue weighted by molar-refractivity contribution is 0.626. The van der Waals surface area contributed by atoms with Gasteiger partial charge in [0.05, 0.1) is 11.4 Å². The van der Waals surface area contributed by atoms with Crippen LogP contribution in [0.2, 0.25) is 0 Å². The van der Waals surface area contributed by atoms with Crippen LogP contribution in [0.3, 0.4) is 0 Å². The van der Waals surface area contributed by atoms with Crippen molar-refractivity contribution in [2.24, 2.45) is 0 Å². The highest BCUT2D eigenvalue weighted by Gasteiger charge is 2.03. The van der Waals surface area contributed by atoms with Gasteiger partial charge >= 0.3 is 0 Å². The predicted molar refractivity (Wildman–Crippen MR) is 64.5 cm³/mol. The third kappa shape index (κ3) is 2.14. The summed E-state index contributed by atoms with van der Waals surface area (Å²) in [5, 5.41) is 0. The van der Waals surface area contributed by atoms with Gasteiger partial charge in [-0.2, -0.15) is 0 Å². The Morgan fingerprint density at radius 1 is 1.00 bits per heavy atom. The molecule has 0 radical (unpaired) electrons. The molecule has 2 rings (SSSR count). The monoisotopic (exact) mass is 216 g/mol. The van der Waals surface area contributed by atoms with Crippen molar-refractivity contribution in [3.05, 3.63) is 59.4 Å². The first-order chi connectivity index (χ1) is 7.66. The Morgan fingerprint density at radius 2 is 1.75 bits per heavy atom. The largest absolute Gasteiger partial charge is 0.397 e. The maximum Gasteiger partial charge on any atom is 0.123 e. The zero-order chi connectivity index (χ0) is 11.5. The van der Waals surface area contributed by atoms with Gasteiger partial charge in [0.1, 0.15) is 5.82 Å². The Morgan fingerprint density at radius 3 is 2.50 bits per heavy atom. The van der Waals surface area contributed by atoms with Crippen molar-refractivity contribution >= 4 is 11.4 Å². The second kappa shape index (κ2) is 4.23. The average molecular weight is 216 g/mol. The number of anilines is 2. The van der Waals surface area contributed by atoms with E-state index in [2.05, 4.69) is 0 Å². The van der Waals surface area contributed by atoms with Crippen molar-refractivity contribution in [1.82, 2.24) is 0 Å². The number of hydrogen-bond acceptors (Lipinski definition) is 2. The fraction of sp³-hybridized carbons (Fsp3) is 0.0769. The van der Waals surface area contributed by atoms with E-state index in [-0.39, 0.29) is 5.82 Å². The van der Waals surface area contributed by atoms with Gasteiger partial charge in [-0.25, -0.2) is 4.39 Å². The fourth-order valence-electron chi connectivity index (χ4n) is 1.65. The molecule has 0 atom stereocenters. The Hall–Kier alpha value is -2.03. The predicted octanol–water partition coefficient (Wildman–Crippen LogP) is 2.58. The van der Waals surface area contributed by atoms with Crippen LogP contribution >= 0.6 is 0 Å². The van der Waals surface area contributed by atoms with Gasteiger partial charge in [0.15, 0.2) is 0 Å². The lowest BCUT2D eigenvalue weighted by atomic mass is 10.0. The van der Waals surface area contributed by atoms with Crippen molar-refractivity contribution in [2.75, 3.05) is 11.5 Å². The Bertz CT molecular complexity index is 509. The molecule has 0 saturated carbocycles. The molecule has 2 nitrogen and oxygen atoms in total. The molecule has 0 unspecified atom stereocenters. The minimum atomic E-state index is -0.236. The van der Waals surface area contributed by atoms with E-state index in [1.165, 1.54) is 12.1 Å². The number of halogens is 1. The Labute approximate surface area is 93.7 Å². The number of rotatable bonds is 2. The zero-order valence-electron chi connectivity index (χ0n) is 8.78. The number of nitrogen functional groups attached to an aromatic ring is 2. The first kappa shape index (κ1) is 10.5. The van der Waals surface area contributed by atoms with E-state index in [9.17, 15) is 4.39 Å². The topological polar surface area (TPSA) is 52.0 Å². The van der Waals surface area contributed by atoms with E-state index in [4.69, 9.17) is 11.5 Å². The highest BCUT2D eigenvalue weighted by atomic mass is 19.1. The van der Waals surface area contributed by atoms with Crippen molar-refractivity contribution < 1.29 is 4.39 Å². The quantitative estimate of drug-likeness (QED) is 0.758. The number of nitrogens with two attached hydrogens (primary N) is 2. The number of benzene rings is 2. The summed E-state index contributed by atoms with van der Waals surface area (Å²) in [6.07, 6.45) is 0.592. The Kier molecular flexibility index (Phi) is 2.77. The SMILES string of the molecule is Nc1cccc(Cc2cccc(F)c2)c1N. The minimum Gasteiger partial charge on any atom is -0.397 e. The first-order valence-corrected chi connectivity index (χ1v) is 5.04. The van der Waals surface area contributed by atoms with Crippen LogP contribution < -0.4 is 11.5 Å². The van der Waals surface area contributed by atoms with E-state index in [0.717, 1.165) is 11.1 Å². The highest BCUT2D eigenvalue weighted by molar-refractivity contribution is 5.67. The van der Waals surface area contributed by atoms with Crippen LogP contribution in [0, 0.1) is 5.82 Å². The van der Waals surface area contributed by atoms with E-state index in [1.54, 1.807) is 12.1 Å². The second-order valence-corrected chi connectivity index (χ2v) is 3.73. The van der Waals surface area contributed by atoms with Gasteiger partial charge in [-0.3, -0.25) is 0 Å². The molecule has 2 aromatic rings. The molecule has 0 aromatic heterocycles. The van der Waals surface area contributed by atoms with E-state index < -0.39 is 0 Å². The molecule has 0 bridgehead atoms. The standard InChI is InChI=1S/C13H13FN2/c14-11-5-1-3-9(8-11)7-10-4-2-6-12(15)13(10)16/h1-6,8H,7,15-16H2. The molecule has 3 heteroatoms. The molecule has 16 heavy (non-hydrogen) atoms. The summed E-state index contributed by atoms with van der Waals surface area (Å²) in [5.41, 5.74) is 14.5. The number of hydrogen-bond donors (Lipinski definition) is 2. The molecular formula is C13H13FN2. The molecule has 0 heterocycles. The second-order valence-electron chi connectivity index (χ2n) is 3.73. The molecule has 4 N–H and O–H groups in total. The summed E-state index contributed by atoms with van der Waals surface area (Å²) < 4.78 is 13.0. The van der Waals surface area contributed by atoms with E-state index in [0.29, 0.717) is 17.8 Å². The fourth-order valence-corrected chi connectivity index (χ4v) is 1.65.